The molecule has 2 amide bonds. The molecule has 1 aromatic heterocycles. The summed E-state index contributed by atoms with van der Waals surface area (Å²) in [4.78, 5) is 24.1. The van der Waals surface area contributed by atoms with Crippen LogP contribution < -0.4 is 15.4 Å². The molecule has 2 N–H and O–H groups in total. The highest BCUT2D eigenvalue weighted by atomic mass is 32.1. The van der Waals surface area contributed by atoms with Gasteiger partial charge in [0.2, 0.25) is 11.0 Å². The van der Waals surface area contributed by atoms with Crippen molar-refractivity contribution >= 4 is 28.3 Å². The summed E-state index contributed by atoms with van der Waals surface area (Å²) in [5.74, 6) is 0.305. The quantitative estimate of drug-likeness (QED) is 0.801. The summed E-state index contributed by atoms with van der Waals surface area (Å²) < 4.78 is 5.41. The number of carbonyl (C=O) groups is 2. The molecule has 24 heavy (non-hydrogen) atoms. The number of amides is 2. The van der Waals surface area contributed by atoms with Crippen LogP contribution in [0.4, 0.5) is 5.13 Å². The van der Waals surface area contributed by atoms with Crippen molar-refractivity contribution in [1.82, 2.24) is 15.5 Å². The van der Waals surface area contributed by atoms with Gasteiger partial charge in [0.25, 0.3) is 5.91 Å². The monoisotopic (exact) mass is 346 g/mol. The fourth-order valence-corrected chi connectivity index (χ4v) is 3.06. The second-order valence-corrected chi connectivity index (χ2v) is 6.39. The molecule has 1 saturated carbocycles. The van der Waals surface area contributed by atoms with E-state index in [0.717, 1.165) is 17.8 Å². The predicted octanol–water partition coefficient (Wildman–Crippen LogP) is 2.18. The van der Waals surface area contributed by atoms with Gasteiger partial charge in [0.15, 0.2) is 0 Å². The smallest absolute Gasteiger partial charge is 0.255 e. The molecule has 0 aliphatic heterocycles. The molecule has 0 atom stereocenters. The molecule has 0 saturated heterocycles. The van der Waals surface area contributed by atoms with Crippen molar-refractivity contribution in [2.75, 3.05) is 18.5 Å². The van der Waals surface area contributed by atoms with E-state index in [0.29, 0.717) is 29.0 Å². The van der Waals surface area contributed by atoms with Crippen LogP contribution in [0.2, 0.25) is 0 Å². The van der Waals surface area contributed by atoms with Gasteiger partial charge in [-0.3, -0.25) is 14.9 Å². The Kier molecular flexibility index (Phi) is 5.05. The van der Waals surface area contributed by atoms with Gasteiger partial charge in [0.1, 0.15) is 10.8 Å². The SMILES string of the molecule is CCOc1ccccc1C(=O)NCC(=O)Nc1nnc(C2CC2)s1. The zero-order chi connectivity index (χ0) is 16.9. The van der Waals surface area contributed by atoms with Gasteiger partial charge in [-0.05, 0) is 31.9 Å². The molecule has 7 nitrogen and oxygen atoms in total. The normalized spacial score (nSPS) is 13.4. The van der Waals surface area contributed by atoms with E-state index in [-0.39, 0.29) is 18.4 Å². The van der Waals surface area contributed by atoms with Crippen molar-refractivity contribution in [3.63, 3.8) is 0 Å². The number of hydrogen-bond acceptors (Lipinski definition) is 6. The molecule has 1 aliphatic rings. The van der Waals surface area contributed by atoms with Crippen molar-refractivity contribution < 1.29 is 14.3 Å². The van der Waals surface area contributed by atoms with Crippen molar-refractivity contribution in [1.29, 1.82) is 0 Å². The first-order valence-corrected chi connectivity index (χ1v) is 8.62. The Bertz CT molecular complexity index is 742. The van der Waals surface area contributed by atoms with Crippen LogP contribution in [0.15, 0.2) is 24.3 Å². The van der Waals surface area contributed by atoms with Crippen LogP contribution in [-0.4, -0.2) is 35.2 Å². The third kappa shape index (κ3) is 4.08. The predicted molar refractivity (Wildman–Crippen MR) is 90.5 cm³/mol. The highest BCUT2D eigenvalue weighted by Crippen LogP contribution is 2.41. The standard InChI is InChI=1S/C16H18N4O3S/c1-2-23-12-6-4-3-5-11(12)14(22)17-9-13(21)18-16-20-19-15(24-16)10-7-8-10/h3-6,10H,2,7-9H2,1H3,(H,17,22)(H,18,20,21). The van der Waals surface area contributed by atoms with Gasteiger partial charge >= 0.3 is 0 Å². The third-order valence-corrected chi connectivity index (χ3v) is 4.46. The Balaban J connectivity index is 1.52. The molecule has 3 rings (SSSR count). The topological polar surface area (TPSA) is 93.2 Å². The molecular formula is C16H18N4O3S. The largest absolute Gasteiger partial charge is 0.493 e. The van der Waals surface area contributed by atoms with Crippen molar-refractivity contribution in [2.45, 2.75) is 25.7 Å². The van der Waals surface area contributed by atoms with E-state index >= 15 is 0 Å². The van der Waals surface area contributed by atoms with Gasteiger partial charge < -0.3 is 10.1 Å². The first-order chi connectivity index (χ1) is 11.7. The summed E-state index contributed by atoms with van der Waals surface area (Å²) in [5.41, 5.74) is 0.402. The number of anilines is 1. The molecule has 0 bridgehead atoms. The number of para-hydroxylation sites is 1. The van der Waals surface area contributed by atoms with Crippen LogP contribution in [0.1, 0.15) is 41.0 Å². The number of nitrogens with one attached hydrogen (secondary N) is 2. The number of benzene rings is 1. The Morgan fingerprint density at radius 2 is 2.08 bits per heavy atom. The summed E-state index contributed by atoms with van der Waals surface area (Å²) >= 11 is 1.38. The third-order valence-electron chi connectivity index (χ3n) is 3.45. The lowest BCUT2D eigenvalue weighted by Crippen LogP contribution is -2.33. The Morgan fingerprint density at radius 3 is 2.83 bits per heavy atom. The molecule has 1 aliphatic carbocycles. The van der Waals surface area contributed by atoms with Crippen molar-refractivity contribution in [3.8, 4) is 5.75 Å². The van der Waals surface area contributed by atoms with Gasteiger partial charge in [-0.25, -0.2) is 0 Å². The fraction of sp³-hybridized carbons (Fsp3) is 0.375. The van der Waals surface area contributed by atoms with Crippen LogP contribution in [-0.2, 0) is 4.79 Å². The number of aromatic nitrogens is 2. The van der Waals surface area contributed by atoms with Crippen molar-refractivity contribution in [2.24, 2.45) is 0 Å². The molecule has 1 aromatic carbocycles. The molecule has 0 spiro atoms. The molecule has 8 heteroatoms. The lowest BCUT2D eigenvalue weighted by atomic mass is 10.2. The maximum atomic E-state index is 12.2. The Morgan fingerprint density at radius 1 is 1.29 bits per heavy atom. The first-order valence-electron chi connectivity index (χ1n) is 7.80. The van der Waals surface area contributed by atoms with Crippen molar-refractivity contribution in [3.05, 3.63) is 34.8 Å². The first kappa shape index (κ1) is 16.4. The second kappa shape index (κ2) is 7.39. The molecular weight excluding hydrogens is 328 g/mol. The highest BCUT2D eigenvalue weighted by Gasteiger charge is 2.27. The summed E-state index contributed by atoms with van der Waals surface area (Å²) in [6.07, 6.45) is 2.27. The van der Waals surface area contributed by atoms with E-state index in [9.17, 15) is 9.59 Å². The molecule has 0 radical (unpaired) electrons. The number of ether oxygens (including phenoxy) is 1. The van der Waals surface area contributed by atoms with Crippen LogP contribution in [0.3, 0.4) is 0 Å². The minimum absolute atomic E-state index is 0.141. The maximum absolute atomic E-state index is 12.2. The van der Waals surface area contributed by atoms with E-state index in [4.69, 9.17) is 4.74 Å². The summed E-state index contributed by atoms with van der Waals surface area (Å²) in [6.45, 7) is 2.17. The number of hydrogen-bond donors (Lipinski definition) is 2. The van der Waals surface area contributed by atoms with Crippen LogP contribution >= 0.6 is 11.3 Å². The molecule has 0 unspecified atom stereocenters. The Labute approximate surface area is 143 Å². The van der Waals surface area contributed by atoms with E-state index in [2.05, 4.69) is 20.8 Å². The van der Waals surface area contributed by atoms with Gasteiger partial charge in [0, 0.05) is 5.92 Å². The number of nitrogens with zero attached hydrogens (tertiary/aromatic N) is 2. The number of carbonyl (C=O) groups excluding carboxylic acids is 2. The maximum Gasteiger partial charge on any atom is 0.255 e. The van der Waals surface area contributed by atoms with Gasteiger partial charge in [-0.2, -0.15) is 0 Å². The lowest BCUT2D eigenvalue weighted by molar-refractivity contribution is -0.115. The van der Waals surface area contributed by atoms with E-state index in [1.54, 1.807) is 24.3 Å². The molecule has 126 valence electrons. The zero-order valence-electron chi connectivity index (χ0n) is 13.2. The summed E-state index contributed by atoms with van der Waals surface area (Å²) in [5, 5.41) is 14.7. The van der Waals surface area contributed by atoms with Crippen LogP contribution in [0.5, 0.6) is 5.75 Å². The lowest BCUT2D eigenvalue weighted by Gasteiger charge is -2.10. The zero-order valence-corrected chi connectivity index (χ0v) is 14.1. The number of rotatable bonds is 7. The molecule has 2 aromatic rings. The summed E-state index contributed by atoms with van der Waals surface area (Å²) in [7, 11) is 0. The molecule has 1 fully saturated rings. The van der Waals surface area contributed by atoms with E-state index in [1.165, 1.54) is 11.3 Å². The van der Waals surface area contributed by atoms with Gasteiger partial charge in [-0.15, -0.1) is 10.2 Å². The molecule has 1 heterocycles. The minimum Gasteiger partial charge on any atom is -0.493 e. The van der Waals surface area contributed by atoms with Gasteiger partial charge in [0.05, 0.1) is 18.7 Å². The van der Waals surface area contributed by atoms with E-state index in [1.807, 2.05) is 6.92 Å². The highest BCUT2D eigenvalue weighted by molar-refractivity contribution is 7.15. The second-order valence-electron chi connectivity index (χ2n) is 5.38. The Hall–Kier alpha value is -2.48. The fourth-order valence-electron chi connectivity index (χ4n) is 2.14. The average Bonchev–Trinajstić information content (AvgIpc) is 3.33. The van der Waals surface area contributed by atoms with E-state index < -0.39 is 0 Å². The summed E-state index contributed by atoms with van der Waals surface area (Å²) in [6, 6.07) is 6.92. The minimum atomic E-state index is -0.356. The van der Waals surface area contributed by atoms with Gasteiger partial charge in [-0.1, -0.05) is 23.5 Å². The van der Waals surface area contributed by atoms with Crippen LogP contribution in [0.25, 0.3) is 0 Å². The van der Waals surface area contributed by atoms with Crippen LogP contribution in [0, 0.1) is 0 Å². The average molecular weight is 346 g/mol.